The van der Waals surface area contributed by atoms with Gasteiger partial charge in [-0.05, 0) is 30.2 Å². The number of fused-ring (bicyclic) bond motifs is 1. The molecular formula is C16H14F3N3O2. The van der Waals surface area contributed by atoms with Gasteiger partial charge in [-0.2, -0.15) is 13.2 Å². The second kappa shape index (κ2) is 6.10. The summed E-state index contributed by atoms with van der Waals surface area (Å²) in [6.45, 7) is 0.581. The molecule has 0 bridgehead atoms. The summed E-state index contributed by atoms with van der Waals surface area (Å²) in [6, 6.07) is 5.28. The number of alkyl halides is 3. The van der Waals surface area contributed by atoms with Crippen LogP contribution in [0.1, 0.15) is 22.5 Å². The number of aromatic amines is 1. The third-order valence-corrected chi connectivity index (χ3v) is 3.94. The van der Waals surface area contributed by atoms with Gasteiger partial charge < -0.3 is 9.88 Å². The van der Waals surface area contributed by atoms with Gasteiger partial charge in [-0.3, -0.25) is 9.59 Å². The van der Waals surface area contributed by atoms with Gasteiger partial charge in [-0.1, -0.05) is 6.07 Å². The molecule has 2 aromatic heterocycles. The monoisotopic (exact) mass is 337 g/mol. The number of pyridine rings is 2. The Labute approximate surface area is 135 Å². The fourth-order valence-electron chi connectivity index (χ4n) is 2.70. The van der Waals surface area contributed by atoms with Gasteiger partial charge in [0.25, 0.3) is 5.56 Å². The molecule has 5 nitrogen and oxygen atoms in total. The Morgan fingerprint density at radius 1 is 1.29 bits per heavy atom. The molecule has 0 radical (unpaired) electrons. The molecule has 0 unspecified atom stereocenters. The maximum atomic E-state index is 12.7. The Kier molecular flexibility index (Phi) is 4.13. The van der Waals surface area contributed by atoms with E-state index < -0.39 is 11.9 Å². The summed E-state index contributed by atoms with van der Waals surface area (Å²) in [5.41, 5.74) is 0.201. The van der Waals surface area contributed by atoms with E-state index >= 15 is 0 Å². The molecule has 3 heterocycles. The zero-order chi connectivity index (χ0) is 17.3. The normalized spacial score (nSPS) is 14.4. The van der Waals surface area contributed by atoms with E-state index in [0.29, 0.717) is 18.5 Å². The summed E-state index contributed by atoms with van der Waals surface area (Å²) in [5.74, 6) is -0.351. The minimum absolute atomic E-state index is 0.0580. The molecule has 1 aliphatic heterocycles. The summed E-state index contributed by atoms with van der Waals surface area (Å²) in [4.78, 5) is 31.7. The van der Waals surface area contributed by atoms with Crippen LogP contribution in [0.3, 0.4) is 0 Å². The molecule has 1 N–H and O–H groups in total. The minimum atomic E-state index is -4.55. The first kappa shape index (κ1) is 16.2. The first-order valence-electron chi connectivity index (χ1n) is 7.35. The van der Waals surface area contributed by atoms with Crippen LogP contribution in [0.5, 0.6) is 0 Å². The van der Waals surface area contributed by atoms with E-state index in [1.807, 2.05) is 0 Å². The lowest BCUT2D eigenvalue weighted by molar-refractivity contribution is -0.141. The van der Waals surface area contributed by atoms with E-state index in [-0.39, 0.29) is 30.1 Å². The Bertz CT molecular complexity index is 830. The van der Waals surface area contributed by atoms with Crippen LogP contribution in [-0.2, 0) is 30.4 Å². The van der Waals surface area contributed by atoms with Crippen molar-refractivity contribution in [2.24, 2.45) is 0 Å². The van der Waals surface area contributed by atoms with Crippen molar-refractivity contribution >= 4 is 5.91 Å². The average molecular weight is 337 g/mol. The lowest BCUT2D eigenvalue weighted by Gasteiger charge is -2.28. The van der Waals surface area contributed by atoms with E-state index in [1.54, 1.807) is 12.3 Å². The number of nitrogens with one attached hydrogen (secondary N) is 1. The van der Waals surface area contributed by atoms with Crippen molar-refractivity contribution in [3.63, 3.8) is 0 Å². The average Bonchev–Trinajstić information content (AvgIpc) is 2.54. The van der Waals surface area contributed by atoms with Crippen LogP contribution in [-0.4, -0.2) is 27.3 Å². The summed E-state index contributed by atoms with van der Waals surface area (Å²) in [7, 11) is 0. The second-order valence-electron chi connectivity index (χ2n) is 5.56. The van der Waals surface area contributed by atoms with Crippen LogP contribution < -0.4 is 5.56 Å². The fraction of sp³-hybridized carbons (Fsp3) is 0.312. The maximum Gasteiger partial charge on any atom is 0.433 e. The van der Waals surface area contributed by atoms with Crippen LogP contribution in [0.4, 0.5) is 13.2 Å². The lowest BCUT2D eigenvalue weighted by atomic mass is 10.0. The van der Waals surface area contributed by atoms with E-state index in [2.05, 4.69) is 9.97 Å². The third kappa shape index (κ3) is 3.32. The number of nitrogens with zero attached hydrogens (tertiary/aromatic N) is 2. The van der Waals surface area contributed by atoms with Crippen LogP contribution >= 0.6 is 0 Å². The van der Waals surface area contributed by atoms with E-state index in [0.717, 1.165) is 11.6 Å². The summed E-state index contributed by atoms with van der Waals surface area (Å²) in [5, 5.41) is 0. The molecule has 0 saturated carbocycles. The Morgan fingerprint density at radius 3 is 2.83 bits per heavy atom. The number of hydrogen-bond acceptors (Lipinski definition) is 3. The van der Waals surface area contributed by atoms with Crippen molar-refractivity contribution in [2.75, 3.05) is 6.54 Å². The molecular weight excluding hydrogens is 323 g/mol. The van der Waals surface area contributed by atoms with E-state index in [4.69, 9.17) is 0 Å². The Hall–Kier alpha value is -2.64. The molecule has 0 aliphatic carbocycles. The minimum Gasteiger partial charge on any atom is -0.337 e. The van der Waals surface area contributed by atoms with Crippen molar-refractivity contribution in [3.8, 4) is 0 Å². The number of aromatic nitrogens is 2. The first-order valence-corrected chi connectivity index (χ1v) is 7.35. The smallest absolute Gasteiger partial charge is 0.337 e. The van der Waals surface area contributed by atoms with Crippen LogP contribution in [0.15, 0.2) is 35.3 Å². The first-order chi connectivity index (χ1) is 11.3. The summed E-state index contributed by atoms with van der Waals surface area (Å²) in [6.07, 6.45) is -2.67. The lowest BCUT2D eigenvalue weighted by Crippen LogP contribution is -2.39. The van der Waals surface area contributed by atoms with Crippen molar-refractivity contribution in [1.82, 2.24) is 14.9 Å². The molecule has 1 amide bonds. The van der Waals surface area contributed by atoms with Crippen molar-refractivity contribution in [3.05, 3.63) is 63.3 Å². The Morgan fingerprint density at radius 2 is 2.08 bits per heavy atom. The van der Waals surface area contributed by atoms with Crippen molar-refractivity contribution < 1.29 is 18.0 Å². The van der Waals surface area contributed by atoms with Gasteiger partial charge in [-0.25, -0.2) is 4.98 Å². The van der Waals surface area contributed by atoms with E-state index in [9.17, 15) is 22.8 Å². The number of amides is 1. The number of hydrogen-bond donors (Lipinski definition) is 1. The molecule has 8 heteroatoms. The fourth-order valence-corrected chi connectivity index (χ4v) is 2.70. The highest BCUT2D eigenvalue weighted by atomic mass is 19.4. The SMILES string of the molecule is O=C(Cc1cccc(C(F)(F)F)n1)N1CCc2cc[nH]c(=O)c2C1. The number of H-pyrrole nitrogens is 1. The Balaban J connectivity index is 1.75. The summed E-state index contributed by atoms with van der Waals surface area (Å²) < 4.78 is 38.0. The van der Waals surface area contributed by atoms with Crippen LogP contribution in [0.25, 0.3) is 0 Å². The highest BCUT2D eigenvalue weighted by molar-refractivity contribution is 5.78. The highest BCUT2D eigenvalue weighted by Gasteiger charge is 2.32. The number of rotatable bonds is 2. The molecule has 0 saturated heterocycles. The highest BCUT2D eigenvalue weighted by Crippen LogP contribution is 2.27. The number of carbonyl (C=O) groups excluding carboxylic acids is 1. The van der Waals surface area contributed by atoms with Crippen molar-refractivity contribution in [1.29, 1.82) is 0 Å². The third-order valence-electron chi connectivity index (χ3n) is 3.94. The van der Waals surface area contributed by atoms with Gasteiger partial charge in [-0.15, -0.1) is 0 Å². The second-order valence-corrected chi connectivity index (χ2v) is 5.56. The molecule has 1 aliphatic rings. The van der Waals surface area contributed by atoms with Crippen molar-refractivity contribution in [2.45, 2.75) is 25.6 Å². The quantitative estimate of drug-likeness (QED) is 0.910. The zero-order valence-electron chi connectivity index (χ0n) is 12.6. The number of halogens is 3. The topological polar surface area (TPSA) is 66.1 Å². The largest absolute Gasteiger partial charge is 0.433 e. The molecule has 0 atom stereocenters. The molecule has 0 fully saturated rings. The molecule has 24 heavy (non-hydrogen) atoms. The molecule has 2 aromatic rings. The molecule has 0 spiro atoms. The molecule has 3 rings (SSSR count). The number of carbonyl (C=O) groups is 1. The van der Waals surface area contributed by atoms with Crippen LogP contribution in [0.2, 0.25) is 0 Å². The summed E-state index contributed by atoms with van der Waals surface area (Å²) >= 11 is 0. The zero-order valence-corrected chi connectivity index (χ0v) is 12.6. The standard InChI is InChI=1S/C16H14F3N3O2/c17-16(18,19)13-3-1-2-11(21-13)8-14(23)22-7-5-10-4-6-20-15(24)12(10)9-22/h1-4,6H,5,7-9H2,(H,20,24). The van der Waals surface area contributed by atoms with Gasteiger partial charge in [0.1, 0.15) is 5.69 Å². The van der Waals surface area contributed by atoms with Gasteiger partial charge in [0.15, 0.2) is 0 Å². The molecule has 0 aromatic carbocycles. The van der Waals surface area contributed by atoms with Gasteiger partial charge in [0.2, 0.25) is 5.91 Å². The predicted octanol–water partition coefficient (Wildman–Crippen LogP) is 1.92. The van der Waals surface area contributed by atoms with Gasteiger partial charge in [0.05, 0.1) is 18.7 Å². The molecule has 126 valence electrons. The van der Waals surface area contributed by atoms with E-state index in [1.165, 1.54) is 17.0 Å². The van der Waals surface area contributed by atoms with Gasteiger partial charge >= 0.3 is 6.18 Å². The van der Waals surface area contributed by atoms with Gasteiger partial charge in [0, 0.05) is 18.3 Å². The maximum absolute atomic E-state index is 12.7. The van der Waals surface area contributed by atoms with Crippen LogP contribution in [0, 0.1) is 0 Å². The predicted molar refractivity (Wildman–Crippen MR) is 79.1 cm³/mol.